The predicted molar refractivity (Wildman–Crippen MR) is 70.0 cm³/mol. The van der Waals surface area contributed by atoms with Crippen molar-refractivity contribution in [3.63, 3.8) is 0 Å². The largest absolute Gasteiger partial charge is 0.416 e. The van der Waals surface area contributed by atoms with Crippen LogP contribution in [0.2, 0.25) is 0 Å². The lowest BCUT2D eigenvalue weighted by atomic mass is 9.80. The normalized spacial score (nSPS) is 14.5. The fraction of sp³-hybridized carbons (Fsp3) is 0.538. The summed E-state index contributed by atoms with van der Waals surface area (Å²) in [5, 5.41) is 0. The van der Waals surface area contributed by atoms with Crippen molar-refractivity contribution in [1.29, 1.82) is 0 Å². The Labute approximate surface area is 129 Å². The maximum Gasteiger partial charge on any atom is 0.416 e. The van der Waals surface area contributed by atoms with E-state index in [1.54, 1.807) is 0 Å². The summed E-state index contributed by atoms with van der Waals surface area (Å²) in [7, 11) is 0. The first-order valence-corrected chi connectivity index (χ1v) is 5.89. The van der Waals surface area contributed by atoms with Gasteiger partial charge in [0.15, 0.2) is 0 Å². The van der Waals surface area contributed by atoms with Gasteiger partial charge in [0, 0.05) is 11.6 Å². The van der Waals surface area contributed by atoms with Crippen LogP contribution in [-0.4, -0.2) is 0 Å². The van der Waals surface area contributed by atoms with E-state index in [0.29, 0.717) is 0 Å². The lowest BCUT2D eigenvalue weighted by molar-refractivity contribution is -0.144. The number of alkyl halides is 6. The van der Waals surface area contributed by atoms with E-state index in [1.807, 2.05) is 0 Å². The van der Waals surface area contributed by atoms with Crippen LogP contribution < -0.4 is 5.73 Å². The maximum atomic E-state index is 13.9. The lowest BCUT2D eigenvalue weighted by Crippen LogP contribution is -2.30. The van der Waals surface area contributed by atoms with Gasteiger partial charge in [-0.15, -0.1) is 12.4 Å². The Morgan fingerprint density at radius 3 is 1.68 bits per heavy atom. The highest BCUT2D eigenvalue weighted by molar-refractivity contribution is 5.85. The molecule has 1 nitrogen and oxygen atoms in total. The monoisotopic (exact) mass is 353 g/mol. The van der Waals surface area contributed by atoms with E-state index in [2.05, 4.69) is 0 Å². The van der Waals surface area contributed by atoms with Crippen molar-refractivity contribution in [2.24, 2.45) is 11.1 Å². The summed E-state index contributed by atoms with van der Waals surface area (Å²) in [6, 6.07) is -1.48. The van der Waals surface area contributed by atoms with Crippen LogP contribution in [0.4, 0.5) is 30.7 Å². The minimum absolute atomic E-state index is 0. The van der Waals surface area contributed by atoms with Gasteiger partial charge in [-0.3, -0.25) is 0 Å². The third-order valence-corrected chi connectivity index (χ3v) is 3.01. The molecule has 0 bridgehead atoms. The highest BCUT2D eigenvalue weighted by atomic mass is 35.5. The fourth-order valence-electron chi connectivity index (χ4n) is 1.77. The summed E-state index contributed by atoms with van der Waals surface area (Å²) in [5.41, 5.74) is 0.301. The Kier molecular flexibility index (Phi) is 5.94. The smallest absolute Gasteiger partial charge is 0.323 e. The van der Waals surface area contributed by atoms with Gasteiger partial charge in [-0.25, -0.2) is 4.39 Å². The molecule has 0 aliphatic heterocycles. The molecule has 0 aliphatic carbocycles. The molecular formula is C13H15ClF7N. The third kappa shape index (κ3) is 4.49. The van der Waals surface area contributed by atoms with Crippen LogP contribution >= 0.6 is 12.4 Å². The van der Waals surface area contributed by atoms with Crippen molar-refractivity contribution in [3.05, 3.63) is 34.6 Å². The van der Waals surface area contributed by atoms with E-state index >= 15 is 0 Å². The van der Waals surface area contributed by atoms with Crippen molar-refractivity contribution in [2.75, 3.05) is 0 Å². The quantitative estimate of drug-likeness (QED) is 0.678. The molecule has 1 aromatic rings. The Morgan fingerprint density at radius 1 is 0.909 bits per heavy atom. The maximum absolute atomic E-state index is 13.9. The average molecular weight is 354 g/mol. The van der Waals surface area contributed by atoms with Gasteiger partial charge in [0.1, 0.15) is 5.82 Å². The van der Waals surface area contributed by atoms with Crippen molar-refractivity contribution in [1.82, 2.24) is 0 Å². The van der Waals surface area contributed by atoms with Gasteiger partial charge < -0.3 is 5.73 Å². The molecule has 22 heavy (non-hydrogen) atoms. The molecule has 128 valence electrons. The van der Waals surface area contributed by atoms with E-state index in [0.717, 1.165) is 0 Å². The van der Waals surface area contributed by atoms with Gasteiger partial charge in [-0.1, -0.05) is 20.8 Å². The van der Waals surface area contributed by atoms with Crippen molar-refractivity contribution in [3.8, 4) is 0 Å². The highest BCUT2D eigenvalue weighted by Gasteiger charge is 2.42. The van der Waals surface area contributed by atoms with Gasteiger partial charge >= 0.3 is 12.4 Å². The predicted octanol–water partition coefficient (Wildman–Crippen LogP) is 5.33. The van der Waals surface area contributed by atoms with Gasteiger partial charge in [-0.05, 0) is 17.5 Å². The second-order valence-corrected chi connectivity index (χ2v) is 5.76. The van der Waals surface area contributed by atoms with E-state index in [4.69, 9.17) is 5.73 Å². The summed E-state index contributed by atoms with van der Waals surface area (Å²) < 4.78 is 90.4. The second kappa shape index (κ2) is 6.23. The van der Waals surface area contributed by atoms with Crippen LogP contribution in [0.25, 0.3) is 0 Å². The standard InChI is InChI=1S/C13H14F7N.ClH/c1-11(2,3)10(21)9-7(13(18,19)20)4-6(5-8(9)14)12(15,16)17;/h4-5,10H,21H2,1-3H3;1H/t10-;/m1./s1. The zero-order chi connectivity index (χ0) is 16.8. The number of rotatable bonds is 1. The molecule has 0 heterocycles. The van der Waals surface area contributed by atoms with Gasteiger partial charge in [-0.2, -0.15) is 26.3 Å². The average Bonchev–Trinajstić information content (AvgIpc) is 2.23. The number of hydrogen-bond acceptors (Lipinski definition) is 1. The first-order valence-electron chi connectivity index (χ1n) is 5.89. The number of hydrogen-bond donors (Lipinski definition) is 1. The molecular weight excluding hydrogens is 339 g/mol. The van der Waals surface area contributed by atoms with Crippen molar-refractivity contribution < 1.29 is 30.7 Å². The molecule has 1 rings (SSSR count). The molecule has 9 heteroatoms. The van der Waals surface area contributed by atoms with Crippen LogP contribution in [0, 0.1) is 11.2 Å². The Hall–Kier alpha value is -1.02. The SMILES string of the molecule is CC(C)(C)[C@H](N)c1c(F)cc(C(F)(F)F)cc1C(F)(F)F.Cl. The van der Waals surface area contributed by atoms with E-state index in [9.17, 15) is 30.7 Å². The summed E-state index contributed by atoms with van der Waals surface area (Å²) in [6.07, 6.45) is -10.2. The molecule has 1 atom stereocenters. The molecule has 0 saturated carbocycles. The molecule has 0 unspecified atom stereocenters. The van der Waals surface area contributed by atoms with Crippen molar-refractivity contribution in [2.45, 2.75) is 39.2 Å². The molecule has 0 aromatic heterocycles. The molecule has 1 aromatic carbocycles. The molecule has 0 saturated heterocycles. The summed E-state index contributed by atoms with van der Waals surface area (Å²) in [6.45, 7) is 4.40. The van der Waals surface area contributed by atoms with Gasteiger partial charge in [0.25, 0.3) is 0 Å². The zero-order valence-corrected chi connectivity index (χ0v) is 12.7. The first kappa shape index (κ1) is 21.0. The molecule has 0 fully saturated rings. The number of benzene rings is 1. The topological polar surface area (TPSA) is 26.0 Å². The molecule has 0 spiro atoms. The number of halogens is 8. The fourth-order valence-corrected chi connectivity index (χ4v) is 1.77. The third-order valence-electron chi connectivity index (χ3n) is 3.01. The molecule has 0 amide bonds. The molecule has 0 radical (unpaired) electrons. The van der Waals surface area contributed by atoms with Crippen LogP contribution in [0.15, 0.2) is 12.1 Å². The van der Waals surface area contributed by atoms with Crippen LogP contribution in [0.1, 0.15) is 43.5 Å². The minimum atomic E-state index is -5.14. The zero-order valence-electron chi connectivity index (χ0n) is 11.9. The summed E-state index contributed by atoms with van der Waals surface area (Å²) in [4.78, 5) is 0. The highest BCUT2D eigenvalue weighted by Crippen LogP contribution is 2.43. The first-order chi connectivity index (χ1) is 9.15. The van der Waals surface area contributed by atoms with Gasteiger partial charge in [0.2, 0.25) is 0 Å². The molecule has 2 N–H and O–H groups in total. The van der Waals surface area contributed by atoms with E-state index in [1.165, 1.54) is 20.8 Å². The minimum Gasteiger partial charge on any atom is -0.323 e. The Balaban J connectivity index is 0.00000441. The van der Waals surface area contributed by atoms with E-state index < -0.39 is 46.3 Å². The van der Waals surface area contributed by atoms with E-state index in [-0.39, 0.29) is 24.5 Å². The van der Waals surface area contributed by atoms with Crippen LogP contribution in [0.5, 0.6) is 0 Å². The van der Waals surface area contributed by atoms with Crippen LogP contribution in [0.3, 0.4) is 0 Å². The second-order valence-electron chi connectivity index (χ2n) is 5.76. The van der Waals surface area contributed by atoms with Gasteiger partial charge in [0.05, 0.1) is 11.1 Å². The Bertz CT molecular complexity index is 529. The summed E-state index contributed by atoms with van der Waals surface area (Å²) in [5.74, 6) is -1.61. The van der Waals surface area contributed by atoms with Crippen LogP contribution in [-0.2, 0) is 12.4 Å². The Morgan fingerprint density at radius 2 is 1.36 bits per heavy atom. The lowest BCUT2D eigenvalue weighted by Gasteiger charge is -2.30. The number of nitrogens with two attached hydrogens (primary N) is 1. The van der Waals surface area contributed by atoms with Crippen molar-refractivity contribution >= 4 is 12.4 Å². The molecule has 0 aliphatic rings. The summed E-state index contributed by atoms with van der Waals surface area (Å²) >= 11 is 0.